The first kappa shape index (κ1) is 24.2. The van der Waals surface area contributed by atoms with Crippen molar-refractivity contribution < 1.29 is 5.11 Å². The number of aryl methyl sites for hydroxylation is 1. The number of benzene rings is 3. The summed E-state index contributed by atoms with van der Waals surface area (Å²) in [5, 5.41) is 11.6. The van der Waals surface area contributed by atoms with Crippen LogP contribution in [-0.4, -0.2) is 30.8 Å². The lowest BCUT2D eigenvalue weighted by atomic mass is 10.0. The Balaban J connectivity index is 1.43. The fraction of sp³-hybridized carbons (Fsp3) is 0.0667. The fourth-order valence-electron chi connectivity index (χ4n) is 4.34. The van der Waals surface area contributed by atoms with Gasteiger partial charge >= 0.3 is 0 Å². The number of H-pyrrole nitrogens is 1. The van der Waals surface area contributed by atoms with Gasteiger partial charge in [-0.05, 0) is 42.3 Å². The van der Waals surface area contributed by atoms with Crippen LogP contribution in [0.4, 0.5) is 0 Å². The molecule has 8 heteroatoms. The number of phenolic OH excluding ortho intramolecular Hbond substituents is 1. The van der Waals surface area contributed by atoms with Gasteiger partial charge in [-0.25, -0.2) is 9.97 Å². The zero-order valence-electron chi connectivity index (χ0n) is 20.1. The molecule has 6 nitrogen and oxygen atoms in total. The van der Waals surface area contributed by atoms with Gasteiger partial charge in [-0.3, -0.25) is 9.78 Å². The third-order valence-corrected chi connectivity index (χ3v) is 7.42. The number of halogens is 1. The molecular formula is C30H21ClN4O2S. The molecular weight excluding hydrogens is 516 g/mol. The Hall–Kier alpha value is -4.20. The summed E-state index contributed by atoms with van der Waals surface area (Å²) in [5.41, 5.74) is 5.19. The quantitative estimate of drug-likeness (QED) is 0.225. The van der Waals surface area contributed by atoms with Gasteiger partial charge in [0.05, 0.1) is 27.0 Å². The highest BCUT2D eigenvalue weighted by molar-refractivity contribution is 7.99. The van der Waals surface area contributed by atoms with Crippen LogP contribution >= 0.6 is 23.4 Å². The van der Waals surface area contributed by atoms with E-state index in [4.69, 9.17) is 21.6 Å². The third-order valence-electron chi connectivity index (χ3n) is 6.20. The molecule has 0 saturated heterocycles. The summed E-state index contributed by atoms with van der Waals surface area (Å²) >= 11 is 8.13. The Bertz CT molecular complexity index is 1840. The second-order valence-electron chi connectivity index (χ2n) is 8.78. The van der Waals surface area contributed by atoms with Crippen LogP contribution < -0.4 is 5.43 Å². The number of aromatic nitrogens is 4. The van der Waals surface area contributed by atoms with E-state index in [1.807, 2.05) is 66.7 Å². The van der Waals surface area contributed by atoms with Crippen LogP contribution in [0.1, 0.15) is 5.56 Å². The molecule has 0 bridgehead atoms. The summed E-state index contributed by atoms with van der Waals surface area (Å²) in [7, 11) is 0. The highest BCUT2D eigenvalue weighted by Crippen LogP contribution is 2.34. The number of hydrogen-bond donors (Lipinski definition) is 2. The topological polar surface area (TPSA) is 91.8 Å². The van der Waals surface area contributed by atoms with Crippen molar-refractivity contribution in [1.29, 1.82) is 0 Å². The monoisotopic (exact) mass is 536 g/mol. The van der Waals surface area contributed by atoms with Crippen molar-refractivity contribution in [3.05, 3.63) is 112 Å². The van der Waals surface area contributed by atoms with E-state index in [0.29, 0.717) is 27.6 Å². The first-order valence-corrected chi connectivity index (χ1v) is 13.4. The molecule has 0 radical (unpaired) electrons. The summed E-state index contributed by atoms with van der Waals surface area (Å²) < 4.78 is 0. The van der Waals surface area contributed by atoms with Crippen LogP contribution in [0.5, 0.6) is 5.75 Å². The van der Waals surface area contributed by atoms with E-state index in [9.17, 15) is 9.90 Å². The van der Waals surface area contributed by atoms with E-state index < -0.39 is 0 Å². The zero-order chi connectivity index (χ0) is 26.1. The molecule has 0 aliphatic rings. The van der Waals surface area contributed by atoms with E-state index in [-0.39, 0.29) is 16.7 Å². The van der Waals surface area contributed by atoms with Gasteiger partial charge in [0.15, 0.2) is 11.2 Å². The number of aromatic hydroxyl groups is 1. The normalized spacial score (nSPS) is 11.3. The lowest BCUT2D eigenvalue weighted by molar-refractivity contribution is 0.475. The zero-order valence-corrected chi connectivity index (χ0v) is 21.6. The number of phenols is 1. The number of rotatable bonds is 6. The van der Waals surface area contributed by atoms with Gasteiger partial charge in [-0.1, -0.05) is 60.1 Å². The van der Waals surface area contributed by atoms with Gasteiger partial charge in [-0.15, -0.1) is 11.8 Å². The van der Waals surface area contributed by atoms with E-state index in [0.717, 1.165) is 39.3 Å². The van der Waals surface area contributed by atoms with Gasteiger partial charge in [0.2, 0.25) is 5.43 Å². The summed E-state index contributed by atoms with van der Waals surface area (Å²) in [5.74, 6) is 1.00. The molecule has 0 aliphatic carbocycles. The lowest BCUT2D eigenvalue weighted by Gasteiger charge is -2.12. The molecule has 3 aromatic heterocycles. The molecule has 0 spiro atoms. The van der Waals surface area contributed by atoms with E-state index in [1.54, 1.807) is 36.2 Å². The van der Waals surface area contributed by atoms with Gasteiger partial charge in [0.1, 0.15) is 5.75 Å². The highest BCUT2D eigenvalue weighted by atomic mass is 35.5. The van der Waals surface area contributed by atoms with Crippen LogP contribution in [0.3, 0.4) is 0 Å². The number of pyridine rings is 2. The first-order valence-electron chi connectivity index (χ1n) is 12.0. The molecule has 0 amide bonds. The van der Waals surface area contributed by atoms with Crippen molar-refractivity contribution in [3.63, 3.8) is 0 Å². The standard InChI is InChI=1S/C30H21ClN4O2S/c31-23-16-21(15-20-7-4-13-32-26(20)23)28-27(19-5-2-1-3-6-19)35-30-29(34-28)24(37)17-25(33-30)38-14-12-18-8-10-22(36)11-9-18/h1-11,13,15-17,36H,12,14H2,(H,33,35,37). The lowest BCUT2D eigenvalue weighted by Crippen LogP contribution is -2.08. The first-order chi connectivity index (χ1) is 18.5. The average molecular weight is 537 g/mol. The second kappa shape index (κ2) is 10.3. The number of thioether (sulfide) groups is 1. The van der Waals surface area contributed by atoms with Crippen molar-refractivity contribution >= 4 is 45.4 Å². The fourth-order valence-corrected chi connectivity index (χ4v) is 5.53. The van der Waals surface area contributed by atoms with Crippen molar-refractivity contribution in [1.82, 2.24) is 19.9 Å². The minimum atomic E-state index is -0.201. The average Bonchev–Trinajstić information content (AvgIpc) is 2.94. The van der Waals surface area contributed by atoms with Crippen molar-refractivity contribution in [2.24, 2.45) is 0 Å². The molecule has 3 aromatic carbocycles. The Labute approximate surface area is 227 Å². The number of nitrogens with zero attached hydrogens (tertiary/aromatic N) is 3. The molecule has 38 heavy (non-hydrogen) atoms. The third kappa shape index (κ3) is 4.86. The predicted octanol–water partition coefficient (Wildman–Crippen LogP) is 6.89. The molecule has 0 saturated carbocycles. The SMILES string of the molecule is O=c1cc(SCCc2ccc(O)cc2)[nH]c2nc(-c3ccccc3)c(-c3cc(Cl)c4ncccc4c3)nc12. The van der Waals surface area contributed by atoms with Crippen LogP contribution in [0.2, 0.25) is 5.02 Å². The minimum Gasteiger partial charge on any atom is -0.508 e. The number of aromatic amines is 1. The highest BCUT2D eigenvalue weighted by Gasteiger charge is 2.17. The van der Waals surface area contributed by atoms with Crippen LogP contribution in [-0.2, 0) is 6.42 Å². The molecule has 0 unspecified atom stereocenters. The molecule has 0 fully saturated rings. The number of fused-ring (bicyclic) bond motifs is 2. The van der Waals surface area contributed by atoms with Crippen molar-refractivity contribution in [2.45, 2.75) is 11.4 Å². The maximum absolute atomic E-state index is 13.2. The molecule has 0 aliphatic heterocycles. The molecule has 2 N–H and O–H groups in total. The smallest absolute Gasteiger partial charge is 0.210 e. The molecule has 6 rings (SSSR count). The molecule has 3 heterocycles. The summed E-state index contributed by atoms with van der Waals surface area (Å²) in [6, 6.07) is 26.1. The maximum Gasteiger partial charge on any atom is 0.210 e. The molecule has 0 atom stereocenters. The van der Waals surface area contributed by atoms with Crippen LogP contribution in [0.15, 0.2) is 101 Å². The van der Waals surface area contributed by atoms with Gasteiger partial charge in [0.25, 0.3) is 0 Å². The van der Waals surface area contributed by atoms with Gasteiger partial charge in [-0.2, -0.15) is 0 Å². The van der Waals surface area contributed by atoms with Gasteiger partial charge < -0.3 is 10.1 Å². The van der Waals surface area contributed by atoms with Gasteiger partial charge in [0, 0.05) is 34.5 Å². The molecule has 6 aromatic rings. The predicted molar refractivity (Wildman–Crippen MR) is 154 cm³/mol. The van der Waals surface area contributed by atoms with Crippen molar-refractivity contribution in [2.75, 3.05) is 5.75 Å². The Kier molecular flexibility index (Phi) is 6.54. The molecule has 186 valence electrons. The maximum atomic E-state index is 13.2. The summed E-state index contributed by atoms with van der Waals surface area (Å²) in [6.45, 7) is 0. The summed E-state index contributed by atoms with van der Waals surface area (Å²) in [4.78, 5) is 30.6. The van der Waals surface area contributed by atoms with E-state index in [2.05, 4.69) is 9.97 Å². The van der Waals surface area contributed by atoms with Crippen molar-refractivity contribution in [3.8, 4) is 28.3 Å². The minimum absolute atomic E-state index is 0.201. The van der Waals surface area contributed by atoms with E-state index >= 15 is 0 Å². The number of nitrogens with one attached hydrogen (secondary N) is 1. The Morgan fingerprint density at radius 1 is 0.842 bits per heavy atom. The Morgan fingerprint density at radius 3 is 2.45 bits per heavy atom. The number of hydrogen-bond acceptors (Lipinski definition) is 6. The summed E-state index contributed by atoms with van der Waals surface area (Å²) in [6.07, 6.45) is 2.50. The van der Waals surface area contributed by atoms with Crippen LogP contribution in [0.25, 0.3) is 44.6 Å². The van der Waals surface area contributed by atoms with Crippen LogP contribution in [0, 0.1) is 0 Å². The second-order valence-corrected chi connectivity index (χ2v) is 10.3. The largest absolute Gasteiger partial charge is 0.508 e. The Morgan fingerprint density at radius 2 is 1.63 bits per heavy atom. The van der Waals surface area contributed by atoms with E-state index in [1.165, 1.54) is 0 Å².